The molecule has 0 bridgehead atoms. The van der Waals surface area contributed by atoms with Crippen LogP contribution in [0.1, 0.15) is 5.69 Å². The van der Waals surface area contributed by atoms with Crippen LogP contribution in [0, 0.1) is 6.92 Å². The lowest BCUT2D eigenvalue weighted by Crippen LogP contribution is -2.19. The number of nitrogens with zero attached hydrogens (tertiary/aromatic N) is 4. The summed E-state index contributed by atoms with van der Waals surface area (Å²) in [5.41, 5.74) is 3.54. The Bertz CT molecular complexity index is 760. The molecule has 5 nitrogen and oxygen atoms in total. The highest BCUT2D eigenvalue weighted by molar-refractivity contribution is 5.88. The van der Waals surface area contributed by atoms with Crippen LogP contribution >= 0.6 is 0 Å². The first-order valence-corrected chi connectivity index (χ1v) is 5.09. The molecule has 3 aromatic heterocycles. The fraction of sp³-hybridized carbons (Fsp3) is 0.273. The zero-order chi connectivity index (χ0) is 11.4. The van der Waals surface area contributed by atoms with Gasteiger partial charge in [-0.05, 0) is 13.0 Å². The molecular weight excluding hydrogens is 204 g/mol. The topological polar surface area (TPSA) is 44.2 Å². The molecule has 0 unspecified atom stereocenters. The molecule has 0 aliphatic rings. The fourth-order valence-electron chi connectivity index (χ4n) is 2.17. The molecule has 0 radical (unpaired) electrons. The van der Waals surface area contributed by atoms with Gasteiger partial charge in [0.05, 0.1) is 11.2 Å². The summed E-state index contributed by atoms with van der Waals surface area (Å²) in [5, 5.41) is 0. The van der Waals surface area contributed by atoms with Gasteiger partial charge in [0.1, 0.15) is 5.52 Å². The van der Waals surface area contributed by atoms with Crippen molar-refractivity contribution in [2.75, 3.05) is 0 Å². The van der Waals surface area contributed by atoms with Crippen molar-refractivity contribution in [3.05, 3.63) is 34.6 Å². The highest BCUT2D eigenvalue weighted by Gasteiger charge is 2.12. The van der Waals surface area contributed by atoms with Crippen molar-refractivity contribution < 1.29 is 0 Å². The van der Waals surface area contributed by atoms with Crippen LogP contribution in [0.2, 0.25) is 0 Å². The van der Waals surface area contributed by atoms with Crippen LogP contribution in [-0.4, -0.2) is 18.5 Å². The molecule has 0 fully saturated rings. The first-order valence-electron chi connectivity index (χ1n) is 5.09. The Morgan fingerprint density at radius 3 is 2.75 bits per heavy atom. The molecule has 0 saturated heterocycles. The fourth-order valence-corrected chi connectivity index (χ4v) is 2.17. The molecule has 3 aromatic rings. The molecule has 82 valence electrons. The summed E-state index contributed by atoms with van der Waals surface area (Å²) in [6.45, 7) is 1.94. The van der Waals surface area contributed by atoms with Crippen LogP contribution in [-0.2, 0) is 14.1 Å². The molecule has 0 saturated carbocycles. The monoisotopic (exact) mass is 216 g/mol. The Balaban J connectivity index is 2.69. The van der Waals surface area contributed by atoms with Gasteiger partial charge in [-0.25, -0.2) is 9.78 Å². The summed E-state index contributed by atoms with van der Waals surface area (Å²) in [4.78, 5) is 16.3. The van der Waals surface area contributed by atoms with Crippen molar-refractivity contribution in [3.63, 3.8) is 0 Å². The van der Waals surface area contributed by atoms with E-state index in [-0.39, 0.29) is 5.69 Å². The molecule has 3 rings (SSSR count). The minimum absolute atomic E-state index is 0.0243. The molecule has 0 aliphatic carbocycles. The summed E-state index contributed by atoms with van der Waals surface area (Å²) in [6, 6.07) is 1.94. The van der Waals surface area contributed by atoms with E-state index in [1.807, 2.05) is 29.8 Å². The van der Waals surface area contributed by atoms with Gasteiger partial charge in [0.2, 0.25) is 0 Å². The molecule has 0 N–H and O–H groups in total. The maximum Gasteiger partial charge on any atom is 0.328 e. The maximum atomic E-state index is 11.8. The van der Waals surface area contributed by atoms with Gasteiger partial charge in [-0.2, -0.15) is 0 Å². The number of imidazole rings is 2. The van der Waals surface area contributed by atoms with Gasteiger partial charge in [0.15, 0.2) is 5.65 Å². The summed E-state index contributed by atoms with van der Waals surface area (Å²) in [7, 11) is 3.55. The largest absolute Gasteiger partial charge is 0.328 e. The van der Waals surface area contributed by atoms with Gasteiger partial charge in [-0.1, -0.05) is 0 Å². The van der Waals surface area contributed by atoms with E-state index in [0.717, 1.165) is 22.4 Å². The van der Waals surface area contributed by atoms with Gasteiger partial charge < -0.3 is 4.40 Å². The lowest BCUT2D eigenvalue weighted by molar-refractivity contribution is 0.795. The molecule has 3 heterocycles. The smallest absolute Gasteiger partial charge is 0.305 e. The van der Waals surface area contributed by atoms with Gasteiger partial charge in [0.25, 0.3) is 0 Å². The molecule has 0 aliphatic heterocycles. The molecule has 5 heteroatoms. The maximum absolute atomic E-state index is 11.8. The summed E-state index contributed by atoms with van der Waals surface area (Å²) in [5.74, 6) is 0. The molecule has 0 atom stereocenters. The van der Waals surface area contributed by atoms with E-state index in [1.165, 1.54) is 0 Å². The average molecular weight is 216 g/mol. The van der Waals surface area contributed by atoms with Crippen molar-refractivity contribution in [3.8, 4) is 0 Å². The second-order valence-electron chi connectivity index (χ2n) is 4.06. The first kappa shape index (κ1) is 9.21. The zero-order valence-electron chi connectivity index (χ0n) is 9.43. The Kier molecular flexibility index (Phi) is 1.58. The number of rotatable bonds is 0. The third-order valence-corrected chi connectivity index (χ3v) is 2.97. The van der Waals surface area contributed by atoms with Crippen LogP contribution in [0.25, 0.3) is 16.7 Å². The predicted octanol–water partition coefficient (Wildman–Crippen LogP) is 0.833. The summed E-state index contributed by atoms with van der Waals surface area (Å²) < 4.78 is 5.22. The van der Waals surface area contributed by atoms with Gasteiger partial charge in [-0.3, -0.25) is 9.13 Å². The third-order valence-electron chi connectivity index (χ3n) is 2.97. The van der Waals surface area contributed by atoms with Crippen molar-refractivity contribution in [2.24, 2.45) is 14.1 Å². The number of aryl methyl sites for hydroxylation is 3. The van der Waals surface area contributed by atoms with Crippen molar-refractivity contribution in [1.29, 1.82) is 0 Å². The Hall–Kier alpha value is -2.04. The van der Waals surface area contributed by atoms with Gasteiger partial charge in [-0.15, -0.1) is 0 Å². The van der Waals surface area contributed by atoms with E-state index in [1.54, 1.807) is 23.2 Å². The van der Waals surface area contributed by atoms with Crippen LogP contribution < -0.4 is 5.69 Å². The van der Waals surface area contributed by atoms with E-state index in [2.05, 4.69) is 4.98 Å². The van der Waals surface area contributed by atoms with Crippen LogP contribution in [0.5, 0.6) is 0 Å². The van der Waals surface area contributed by atoms with Gasteiger partial charge >= 0.3 is 5.69 Å². The normalized spacial score (nSPS) is 11.7. The zero-order valence-corrected chi connectivity index (χ0v) is 9.43. The van der Waals surface area contributed by atoms with E-state index in [4.69, 9.17) is 0 Å². The minimum atomic E-state index is -0.0243. The van der Waals surface area contributed by atoms with Crippen LogP contribution in [0.3, 0.4) is 0 Å². The number of hydrogen-bond donors (Lipinski definition) is 0. The lowest BCUT2D eigenvalue weighted by atomic mass is 10.4. The van der Waals surface area contributed by atoms with E-state index in [9.17, 15) is 4.79 Å². The van der Waals surface area contributed by atoms with Crippen molar-refractivity contribution in [1.82, 2.24) is 18.5 Å². The standard InChI is InChI=1S/C11H12N4O/c1-7-6-15-5-4-8-9(10(15)12-7)14(3)11(16)13(8)2/h4-6H,1-3H3. The second-order valence-corrected chi connectivity index (χ2v) is 4.06. The first-order chi connectivity index (χ1) is 7.59. The van der Waals surface area contributed by atoms with Crippen molar-refractivity contribution in [2.45, 2.75) is 6.92 Å². The van der Waals surface area contributed by atoms with Crippen molar-refractivity contribution >= 4 is 16.7 Å². The molecule has 16 heavy (non-hydrogen) atoms. The minimum Gasteiger partial charge on any atom is -0.305 e. The molecule has 0 spiro atoms. The second kappa shape index (κ2) is 2.75. The number of aromatic nitrogens is 4. The predicted molar refractivity (Wildman–Crippen MR) is 61.6 cm³/mol. The number of fused-ring (bicyclic) bond motifs is 3. The molecule has 0 aromatic carbocycles. The van der Waals surface area contributed by atoms with Crippen LogP contribution in [0.4, 0.5) is 0 Å². The third kappa shape index (κ3) is 0.946. The summed E-state index contributed by atoms with van der Waals surface area (Å²) >= 11 is 0. The van der Waals surface area contributed by atoms with Crippen LogP contribution in [0.15, 0.2) is 23.3 Å². The molecule has 0 amide bonds. The van der Waals surface area contributed by atoms with E-state index >= 15 is 0 Å². The number of pyridine rings is 1. The highest BCUT2D eigenvalue weighted by atomic mass is 16.1. The van der Waals surface area contributed by atoms with E-state index in [0.29, 0.717) is 0 Å². The average Bonchev–Trinajstić information content (AvgIpc) is 2.72. The quantitative estimate of drug-likeness (QED) is 0.558. The van der Waals surface area contributed by atoms with Gasteiger partial charge in [0, 0.05) is 26.5 Å². The highest BCUT2D eigenvalue weighted by Crippen LogP contribution is 2.17. The Morgan fingerprint density at radius 2 is 2.00 bits per heavy atom. The van der Waals surface area contributed by atoms with E-state index < -0.39 is 0 Å². The number of hydrogen-bond acceptors (Lipinski definition) is 2. The lowest BCUT2D eigenvalue weighted by Gasteiger charge is -1.97. The Labute approximate surface area is 91.6 Å². The summed E-state index contributed by atoms with van der Waals surface area (Å²) in [6.07, 6.45) is 3.88. The molecular formula is C11H12N4O. The SMILES string of the molecule is Cc1cn2ccc3c(c2n1)n(C)c(=O)n3C. The Morgan fingerprint density at radius 1 is 1.25 bits per heavy atom.